The third kappa shape index (κ3) is 3.46. The summed E-state index contributed by atoms with van der Waals surface area (Å²) in [6, 6.07) is 8.63. The minimum Gasteiger partial charge on any atom is -0.382 e. The SMILES string of the molecule is CCc1cccc(NC2CCS(=O)(=O)CC2)c1. The summed E-state index contributed by atoms with van der Waals surface area (Å²) in [5.74, 6) is 0.635. The van der Waals surface area contributed by atoms with E-state index in [0.29, 0.717) is 17.5 Å². The molecule has 2 rings (SSSR count). The molecule has 0 amide bonds. The van der Waals surface area contributed by atoms with Crippen molar-refractivity contribution in [2.24, 2.45) is 0 Å². The first-order chi connectivity index (χ1) is 8.09. The largest absolute Gasteiger partial charge is 0.382 e. The molecular formula is C13H19NO2S. The number of rotatable bonds is 3. The maximum Gasteiger partial charge on any atom is 0.150 e. The molecule has 1 fully saturated rings. The Morgan fingerprint density at radius 1 is 1.29 bits per heavy atom. The Labute approximate surface area is 103 Å². The van der Waals surface area contributed by atoms with Crippen LogP contribution in [-0.4, -0.2) is 26.0 Å². The highest BCUT2D eigenvalue weighted by Gasteiger charge is 2.23. The Bertz CT molecular complexity index is 468. The van der Waals surface area contributed by atoms with Crippen LogP contribution in [-0.2, 0) is 16.3 Å². The van der Waals surface area contributed by atoms with E-state index in [1.54, 1.807) is 0 Å². The maximum atomic E-state index is 11.3. The molecule has 1 aromatic rings. The third-order valence-corrected chi connectivity index (χ3v) is 4.98. The summed E-state index contributed by atoms with van der Waals surface area (Å²) in [6.45, 7) is 2.13. The van der Waals surface area contributed by atoms with Crippen LogP contribution < -0.4 is 5.32 Å². The van der Waals surface area contributed by atoms with Gasteiger partial charge < -0.3 is 5.32 Å². The Balaban J connectivity index is 1.97. The zero-order valence-corrected chi connectivity index (χ0v) is 11.0. The normalized spacial score (nSPS) is 20.1. The van der Waals surface area contributed by atoms with Crippen LogP contribution in [0.2, 0.25) is 0 Å². The second kappa shape index (κ2) is 5.08. The fourth-order valence-corrected chi connectivity index (χ4v) is 3.64. The molecule has 1 aromatic carbocycles. The third-order valence-electron chi connectivity index (χ3n) is 3.26. The van der Waals surface area contributed by atoms with Crippen molar-refractivity contribution < 1.29 is 8.42 Å². The minimum atomic E-state index is -2.76. The predicted octanol–water partition coefficient (Wildman–Crippen LogP) is 2.24. The summed E-state index contributed by atoms with van der Waals surface area (Å²) in [7, 11) is -2.76. The van der Waals surface area contributed by atoms with Gasteiger partial charge in [-0.15, -0.1) is 0 Å². The van der Waals surface area contributed by atoms with Gasteiger partial charge in [-0.2, -0.15) is 0 Å². The molecule has 1 N–H and O–H groups in total. The molecule has 17 heavy (non-hydrogen) atoms. The van der Waals surface area contributed by atoms with Crippen LogP contribution in [0.4, 0.5) is 5.69 Å². The quantitative estimate of drug-likeness (QED) is 0.898. The van der Waals surface area contributed by atoms with Crippen LogP contribution in [0.5, 0.6) is 0 Å². The Kier molecular flexibility index (Phi) is 3.72. The molecule has 3 nitrogen and oxygen atoms in total. The molecule has 0 bridgehead atoms. The molecule has 0 aliphatic carbocycles. The summed E-state index contributed by atoms with van der Waals surface area (Å²) >= 11 is 0. The van der Waals surface area contributed by atoms with E-state index in [0.717, 1.165) is 24.9 Å². The molecule has 1 heterocycles. The van der Waals surface area contributed by atoms with Gasteiger partial charge in [0.1, 0.15) is 9.84 Å². The minimum absolute atomic E-state index is 0.297. The zero-order valence-electron chi connectivity index (χ0n) is 10.1. The Morgan fingerprint density at radius 2 is 2.00 bits per heavy atom. The topological polar surface area (TPSA) is 46.2 Å². The van der Waals surface area contributed by atoms with Gasteiger partial charge in [0.05, 0.1) is 11.5 Å². The lowest BCUT2D eigenvalue weighted by molar-refractivity contribution is 0.559. The van der Waals surface area contributed by atoms with Crippen molar-refractivity contribution in [2.45, 2.75) is 32.2 Å². The van der Waals surface area contributed by atoms with E-state index < -0.39 is 9.84 Å². The molecule has 4 heteroatoms. The molecular weight excluding hydrogens is 234 g/mol. The average Bonchev–Trinajstić information content (AvgIpc) is 2.32. The predicted molar refractivity (Wildman–Crippen MR) is 71.1 cm³/mol. The van der Waals surface area contributed by atoms with Gasteiger partial charge in [-0.3, -0.25) is 0 Å². The van der Waals surface area contributed by atoms with Gasteiger partial charge in [-0.25, -0.2) is 8.42 Å². The number of nitrogens with one attached hydrogen (secondary N) is 1. The molecule has 0 unspecified atom stereocenters. The molecule has 0 aromatic heterocycles. The first-order valence-electron chi connectivity index (χ1n) is 6.15. The van der Waals surface area contributed by atoms with Crippen molar-refractivity contribution in [1.82, 2.24) is 0 Å². The van der Waals surface area contributed by atoms with Gasteiger partial charge in [0.25, 0.3) is 0 Å². The molecule has 0 saturated carbocycles. The van der Waals surface area contributed by atoms with Crippen LogP contribution in [0.3, 0.4) is 0 Å². The van der Waals surface area contributed by atoms with Crippen molar-refractivity contribution in [3.63, 3.8) is 0 Å². The van der Waals surface area contributed by atoms with Crippen LogP contribution in [0.25, 0.3) is 0 Å². The second-order valence-electron chi connectivity index (χ2n) is 4.62. The average molecular weight is 253 g/mol. The standard InChI is InChI=1S/C13H19NO2S/c1-2-11-4-3-5-13(10-11)14-12-6-8-17(15,16)9-7-12/h3-5,10,12,14H,2,6-9H2,1H3. The van der Waals surface area contributed by atoms with Crippen molar-refractivity contribution >= 4 is 15.5 Å². The molecule has 0 radical (unpaired) electrons. The second-order valence-corrected chi connectivity index (χ2v) is 6.93. The molecule has 94 valence electrons. The lowest BCUT2D eigenvalue weighted by Crippen LogP contribution is -2.32. The van der Waals surface area contributed by atoms with Crippen molar-refractivity contribution in [3.8, 4) is 0 Å². The number of hydrogen-bond donors (Lipinski definition) is 1. The van der Waals surface area contributed by atoms with E-state index in [2.05, 4.69) is 24.4 Å². The number of benzene rings is 1. The molecule has 1 saturated heterocycles. The van der Waals surface area contributed by atoms with Gasteiger partial charge in [0, 0.05) is 11.7 Å². The molecule has 0 spiro atoms. The zero-order chi connectivity index (χ0) is 12.3. The van der Waals surface area contributed by atoms with Crippen LogP contribution >= 0.6 is 0 Å². The number of anilines is 1. The summed E-state index contributed by atoms with van der Waals surface area (Å²) in [5, 5.41) is 3.43. The van der Waals surface area contributed by atoms with Gasteiger partial charge in [0.15, 0.2) is 0 Å². The van der Waals surface area contributed by atoms with Crippen molar-refractivity contribution in [1.29, 1.82) is 0 Å². The monoisotopic (exact) mass is 253 g/mol. The van der Waals surface area contributed by atoms with E-state index in [9.17, 15) is 8.42 Å². The Hall–Kier alpha value is -1.03. The highest BCUT2D eigenvalue weighted by atomic mass is 32.2. The fourth-order valence-electron chi connectivity index (χ4n) is 2.15. The number of aryl methyl sites for hydroxylation is 1. The molecule has 1 aliphatic rings. The lowest BCUT2D eigenvalue weighted by atomic mass is 10.1. The van der Waals surface area contributed by atoms with Crippen molar-refractivity contribution in [2.75, 3.05) is 16.8 Å². The van der Waals surface area contributed by atoms with Crippen LogP contribution in [0.15, 0.2) is 24.3 Å². The van der Waals surface area contributed by atoms with Gasteiger partial charge >= 0.3 is 0 Å². The van der Waals surface area contributed by atoms with Crippen LogP contribution in [0.1, 0.15) is 25.3 Å². The van der Waals surface area contributed by atoms with Gasteiger partial charge in [0.2, 0.25) is 0 Å². The first kappa shape index (κ1) is 12.4. The van der Waals surface area contributed by atoms with Gasteiger partial charge in [-0.05, 0) is 37.0 Å². The summed E-state index contributed by atoms with van der Waals surface area (Å²) in [6.07, 6.45) is 2.46. The summed E-state index contributed by atoms with van der Waals surface area (Å²) in [5.41, 5.74) is 2.41. The summed E-state index contributed by atoms with van der Waals surface area (Å²) < 4.78 is 22.6. The number of sulfone groups is 1. The van der Waals surface area contributed by atoms with E-state index in [1.807, 2.05) is 12.1 Å². The van der Waals surface area contributed by atoms with Crippen molar-refractivity contribution in [3.05, 3.63) is 29.8 Å². The van der Waals surface area contributed by atoms with Crippen LogP contribution in [0, 0.1) is 0 Å². The Morgan fingerprint density at radius 3 is 2.65 bits per heavy atom. The maximum absolute atomic E-state index is 11.3. The number of hydrogen-bond acceptors (Lipinski definition) is 3. The lowest BCUT2D eigenvalue weighted by Gasteiger charge is -2.24. The van der Waals surface area contributed by atoms with E-state index in [4.69, 9.17) is 0 Å². The van der Waals surface area contributed by atoms with Gasteiger partial charge in [-0.1, -0.05) is 19.1 Å². The highest BCUT2D eigenvalue weighted by molar-refractivity contribution is 7.91. The van der Waals surface area contributed by atoms with E-state index >= 15 is 0 Å². The molecule has 1 aliphatic heterocycles. The summed E-state index contributed by atoms with van der Waals surface area (Å²) in [4.78, 5) is 0. The fraction of sp³-hybridized carbons (Fsp3) is 0.538. The highest BCUT2D eigenvalue weighted by Crippen LogP contribution is 2.18. The molecule has 0 atom stereocenters. The van der Waals surface area contributed by atoms with E-state index in [1.165, 1.54) is 5.56 Å². The first-order valence-corrected chi connectivity index (χ1v) is 7.97. The van der Waals surface area contributed by atoms with E-state index in [-0.39, 0.29) is 0 Å². The smallest absolute Gasteiger partial charge is 0.150 e.